The lowest BCUT2D eigenvalue weighted by Crippen LogP contribution is -2.24. The molecule has 1 aromatic rings. The molecular weight excluding hydrogens is 298 g/mol. The summed E-state index contributed by atoms with van der Waals surface area (Å²) in [5, 5.41) is 3.67. The summed E-state index contributed by atoms with van der Waals surface area (Å²) in [6.45, 7) is 1.23. The average Bonchev–Trinajstić information content (AvgIpc) is 3.10. The molecule has 0 bridgehead atoms. The fraction of sp³-hybridized carbons (Fsp3) is 0.583. The van der Waals surface area contributed by atoms with Crippen LogP contribution in [-0.2, 0) is 26.2 Å². The third-order valence-corrected chi connectivity index (χ3v) is 4.79. The first-order valence-corrected chi connectivity index (χ1v) is 7.89. The zero-order chi connectivity index (χ0) is 15.5. The molecule has 1 aromatic heterocycles. The Balaban J connectivity index is 1.93. The van der Waals surface area contributed by atoms with Gasteiger partial charge in [0.2, 0.25) is 5.09 Å². The van der Waals surface area contributed by atoms with Gasteiger partial charge in [0.15, 0.2) is 6.61 Å². The Hall–Kier alpha value is -1.58. The van der Waals surface area contributed by atoms with Gasteiger partial charge in [-0.25, -0.2) is 12.7 Å². The van der Waals surface area contributed by atoms with Crippen LogP contribution >= 0.6 is 0 Å². The fourth-order valence-corrected chi connectivity index (χ4v) is 2.58. The number of nitrogens with two attached hydrogens (primary N) is 1. The summed E-state index contributed by atoms with van der Waals surface area (Å²) in [6, 6.07) is 2.91. The Morgan fingerprint density at radius 2 is 2.29 bits per heavy atom. The molecule has 1 unspecified atom stereocenters. The second-order valence-corrected chi connectivity index (χ2v) is 6.94. The highest BCUT2D eigenvalue weighted by atomic mass is 32.2. The van der Waals surface area contributed by atoms with Crippen LogP contribution in [0, 0.1) is 5.92 Å². The number of hydrogen-bond donors (Lipinski definition) is 1. The molecule has 8 nitrogen and oxygen atoms in total. The van der Waals surface area contributed by atoms with Crippen LogP contribution in [0.15, 0.2) is 26.8 Å². The summed E-state index contributed by atoms with van der Waals surface area (Å²) in [5.74, 6) is 0.807. The van der Waals surface area contributed by atoms with E-state index in [2.05, 4.69) is 5.16 Å². The molecule has 2 rings (SSSR count). The molecule has 0 radical (unpaired) electrons. The molecule has 21 heavy (non-hydrogen) atoms. The highest BCUT2D eigenvalue weighted by Gasteiger charge is 2.22. The standard InChI is InChI=1S/C12H19N3O5S/c1-15(2)21(16,17)11-4-3-10(20-11)8-19-14-12(13)9-5-6-18-7-9/h3-4,9H,5-8H2,1-2H3,(H2,13,14). The molecule has 1 aliphatic rings. The first-order chi connectivity index (χ1) is 9.91. The van der Waals surface area contributed by atoms with Gasteiger partial charge in [-0.3, -0.25) is 0 Å². The minimum atomic E-state index is -3.58. The number of oxime groups is 1. The van der Waals surface area contributed by atoms with Gasteiger partial charge in [0.1, 0.15) is 11.6 Å². The lowest BCUT2D eigenvalue weighted by Gasteiger charge is -2.08. The van der Waals surface area contributed by atoms with Crippen LogP contribution in [0.25, 0.3) is 0 Å². The Morgan fingerprint density at radius 1 is 1.52 bits per heavy atom. The lowest BCUT2D eigenvalue weighted by molar-refractivity contribution is 0.109. The van der Waals surface area contributed by atoms with Gasteiger partial charge in [0, 0.05) is 26.6 Å². The normalized spacial score (nSPS) is 20.1. The van der Waals surface area contributed by atoms with Crippen LogP contribution in [0.3, 0.4) is 0 Å². The van der Waals surface area contributed by atoms with E-state index in [1.165, 1.54) is 26.2 Å². The minimum absolute atomic E-state index is 0.0111. The molecular formula is C12H19N3O5S. The molecule has 2 N–H and O–H groups in total. The van der Waals surface area contributed by atoms with Crippen molar-refractivity contribution in [2.24, 2.45) is 16.8 Å². The first-order valence-electron chi connectivity index (χ1n) is 6.45. The van der Waals surface area contributed by atoms with Crippen molar-refractivity contribution >= 4 is 15.9 Å². The summed E-state index contributed by atoms with van der Waals surface area (Å²) < 4.78 is 35.2. The number of rotatable bonds is 6. The van der Waals surface area contributed by atoms with Crippen LogP contribution < -0.4 is 5.73 Å². The zero-order valence-electron chi connectivity index (χ0n) is 12.0. The molecule has 0 amide bonds. The van der Waals surface area contributed by atoms with Gasteiger partial charge < -0.3 is 19.7 Å². The number of nitrogens with zero attached hydrogens (tertiary/aromatic N) is 2. The van der Waals surface area contributed by atoms with Crippen LogP contribution in [0.4, 0.5) is 0 Å². The van der Waals surface area contributed by atoms with Crippen LogP contribution in [0.5, 0.6) is 0 Å². The summed E-state index contributed by atoms with van der Waals surface area (Å²) in [4.78, 5) is 5.09. The third kappa shape index (κ3) is 3.74. The van der Waals surface area contributed by atoms with E-state index in [0.717, 1.165) is 10.7 Å². The van der Waals surface area contributed by atoms with E-state index >= 15 is 0 Å². The Kier molecular flexibility index (Phi) is 4.86. The molecule has 0 saturated carbocycles. The van der Waals surface area contributed by atoms with Crippen molar-refractivity contribution in [3.8, 4) is 0 Å². The van der Waals surface area contributed by atoms with Crippen molar-refractivity contribution < 1.29 is 22.4 Å². The van der Waals surface area contributed by atoms with Crippen molar-refractivity contribution in [1.82, 2.24) is 4.31 Å². The quantitative estimate of drug-likeness (QED) is 0.461. The fourth-order valence-electron chi connectivity index (χ4n) is 1.77. The summed E-state index contributed by atoms with van der Waals surface area (Å²) >= 11 is 0. The topological polar surface area (TPSA) is 107 Å². The van der Waals surface area contributed by atoms with Crippen molar-refractivity contribution in [3.63, 3.8) is 0 Å². The smallest absolute Gasteiger partial charge is 0.275 e. The van der Waals surface area contributed by atoms with Gasteiger partial charge in [0.05, 0.1) is 6.61 Å². The van der Waals surface area contributed by atoms with Crippen molar-refractivity contribution in [3.05, 3.63) is 17.9 Å². The van der Waals surface area contributed by atoms with E-state index in [1.54, 1.807) is 0 Å². The molecule has 0 spiro atoms. The number of furan rings is 1. The number of hydrogen-bond acceptors (Lipinski definition) is 6. The van der Waals surface area contributed by atoms with Gasteiger partial charge in [-0.1, -0.05) is 5.16 Å². The van der Waals surface area contributed by atoms with Crippen LogP contribution in [-0.4, -0.2) is 45.9 Å². The third-order valence-electron chi connectivity index (χ3n) is 3.10. The second-order valence-electron chi connectivity index (χ2n) is 4.86. The molecule has 1 atom stereocenters. The molecule has 0 aliphatic carbocycles. The summed E-state index contributed by atoms with van der Waals surface area (Å²) in [6.07, 6.45) is 0.824. The predicted octanol–water partition coefficient (Wildman–Crippen LogP) is 0.355. The highest BCUT2D eigenvalue weighted by molar-refractivity contribution is 7.88. The molecule has 118 valence electrons. The SMILES string of the molecule is CN(C)S(=O)(=O)c1ccc(CO/N=C(\N)C2CCOC2)o1. The molecule has 1 aliphatic heterocycles. The van der Waals surface area contributed by atoms with Gasteiger partial charge >= 0.3 is 0 Å². The molecule has 1 fully saturated rings. The average molecular weight is 317 g/mol. The van der Waals surface area contributed by atoms with E-state index in [0.29, 0.717) is 24.8 Å². The Bertz CT molecular complexity index is 602. The number of ether oxygens (including phenoxy) is 1. The lowest BCUT2D eigenvalue weighted by atomic mass is 10.1. The summed E-state index contributed by atoms with van der Waals surface area (Å²) in [5.41, 5.74) is 5.77. The molecule has 2 heterocycles. The Labute approximate surface area is 123 Å². The van der Waals surface area contributed by atoms with E-state index in [9.17, 15) is 8.42 Å². The Morgan fingerprint density at radius 3 is 2.90 bits per heavy atom. The van der Waals surface area contributed by atoms with Gasteiger partial charge in [-0.05, 0) is 18.6 Å². The molecule has 9 heteroatoms. The zero-order valence-corrected chi connectivity index (χ0v) is 12.8. The maximum Gasteiger partial charge on any atom is 0.275 e. The van der Waals surface area contributed by atoms with Crippen molar-refractivity contribution in [1.29, 1.82) is 0 Å². The number of amidine groups is 1. The first kappa shape index (κ1) is 15.8. The number of sulfonamides is 1. The molecule has 0 aromatic carbocycles. The van der Waals surface area contributed by atoms with E-state index in [4.69, 9.17) is 19.7 Å². The predicted molar refractivity (Wildman–Crippen MR) is 74.9 cm³/mol. The maximum absolute atomic E-state index is 11.8. The maximum atomic E-state index is 11.8. The van der Waals surface area contributed by atoms with Crippen molar-refractivity contribution in [2.45, 2.75) is 18.1 Å². The monoisotopic (exact) mass is 317 g/mol. The van der Waals surface area contributed by atoms with Crippen molar-refractivity contribution in [2.75, 3.05) is 27.3 Å². The second kappa shape index (κ2) is 6.46. The van der Waals surface area contributed by atoms with Gasteiger partial charge in [-0.15, -0.1) is 0 Å². The molecule has 1 saturated heterocycles. The van der Waals surface area contributed by atoms with Crippen LogP contribution in [0.2, 0.25) is 0 Å². The van der Waals surface area contributed by atoms with E-state index in [-0.39, 0.29) is 17.6 Å². The van der Waals surface area contributed by atoms with E-state index in [1.807, 2.05) is 0 Å². The minimum Gasteiger partial charge on any atom is -0.444 e. The summed E-state index contributed by atoms with van der Waals surface area (Å²) in [7, 11) is -0.710. The van der Waals surface area contributed by atoms with Crippen LogP contribution in [0.1, 0.15) is 12.2 Å². The highest BCUT2D eigenvalue weighted by Crippen LogP contribution is 2.18. The van der Waals surface area contributed by atoms with Gasteiger partial charge in [-0.2, -0.15) is 0 Å². The van der Waals surface area contributed by atoms with E-state index < -0.39 is 10.0 Å². The van der Waals surface area contributed by atoms with Gasteiger partial charge in [0.25, 0.3) is 10.0 Å². The largest absolute Gasteiger partial charge is 0.444 e.